The molecule has 0 aliphatic carbocycles. The third kappa shape index (κ3) is 5.79. The molecule has 0 bridgehead atoms. The first-order valence-electron chi connectivity index (χ1n) is 6.37. The van der Waals surface area contributed by atoms with Crippen molar-refractivity contribution in [3.05, 3.63) is 30.2 Å². The molecular formula is C15H24O. The van der Waals surface area contributed by atoms with E-state index in [-0.39, 0.29) is 0 Å². The van der Waals surface area contributed by atoms with Crippen molar-refractivity contribution < 1.29 is 4.42 Å². The molecule has 0 aromatic carbocycles. The number of allylic oxidation sites excluding steroid dienone is 1. The van der Waals surface area contributed by atoms with Crippen molar-refractivity contribution in [1.82, 2.24) is 0 Å². The van der Waals surface area contributed by atoms with E-state index in [0.717, 1.165) is 17.4 Å². The average Bonchev–Trinajstić information content (AvgIpc) is 2.70. The smallest absolute Gasteiger partial charge is 0.0974 e. The van der Waals surface area contributed by atoms with Gasteiger partial charge < -0.3 is 4.42 Å². The zero-order chi connectivity index (χ0) is 11.8. The highest BCUT2D eigenvalue weighted by molar-refractivity contribution is 5.46. The topological polar surface area (TPSA) is 13.1 Å². The van der Waals surface area contributed by atoms with Gasteiger partial charge in [0, 0.05) is 5.56 Å². The van der Waals surface area contributed by atoms with E-state index in [4.69, 9.17) is 4.42 Å². The Morgan fingerprint density at radius 3 is 2.69 bits per heavy atom. The molecule has 0 saturated carbocycles. The molecule has 16 heavy (non-hydrogen) atoms. The number of hydrogen-bond acceptors (Lipinski definition) is 1. The molecule has 1 unspecified atom stereocenters. The predicted octanol–water partition coefficient (Wildman–Crippen LogP) is 5.15. The summed E-state index contributed by atoms with van der Waals surface area (Å²) in [5.41, 5.74) is 1.16. The SMILES string of the molecule is CC(C)CCCC(C)C/C=C/c1ccoc1. The molecule has 0 fully saturated rings. The van der Waals surface area contributed by atoms with Gasteiger partial charge in [0.05, 0.1) is 12.5 Å². The van der Waals surface area contributed by atoms with Crippen molar-refractivity contribution >= 4 is 6.08 Å². The molecule has 1 rings (SSSR count). The van der Waals surface area contributed by atoms with Crippen molar-refractivity contribution in [1.29, 1.82) is 0 Å². The number of hydrogen-bond donors (Lipinski definition) is 0. The van der Waals surface area contributed by atoms with Crippen molar-refractivity contribution in [3.63, 3.8) is 0 Å². The Morgan fingerprint density at radius 2 is 2.06 bits per heavy atom. The van der Waals surface area contributed by atoms with Gasteiger partial charge in [-0.1, -0.05) is 52.2 Å². The maximum absolute atomic E-state index is 5.01. The van der Waals surface area contributed by atoms with E-state index in [2.05, 4.69) is 32.9 Å². The summed E-state index contributed by atoms with van der Waals surface area (Å²) in [6.07, 6.45) is 13.1. The fourth-order valence-electron chi connectivity index (χ4n) is 1.80. The quantitative estimate of drug-likeness (QED) is 0.619. The summed E-state index contributed by atoms with van der Waals surface area (Å²) in [5.74, 6) is 1.63. The Labute approximate surface area is 99.6 Å². The van der Waals surface area contributed by atoms with Crippen LogP contribution in [0.4, 0.5) is 0 Å². The van der Waals surface area contributed by atoms with E-state index in [9.17, 15) is 0 Å². The largest absolute Gasteiger partial charge is 0.472 e. The van der Waals surface area contributed by atoms with E-state index in [1.165, 1.54) is 25.7 Å². The Morgan fingerprint density at radius 1 is 1.25 bits per heavy atom. The predicted molar refractivity (Wildman–Crippen MR) is 70.2 cm³/mol. The Bertz CT molecular complexity index is 282. The van der Waals surface area contributed by atoms with Crippen LogP contribution in [-0.2, 0) is 0 Å². The van der Waals surface area contributed by atoms with Gasteiger partial charge in [0.15, 0.2) is 0 Å². The first-order chi connectivity index (χ1) is 7.68. The van der Waals surface area contributed by atoms with Crippen molar-refractivity contribution in [2.75, 3.05) is 0 Å². The van der Waals surface area contributed by atoms with Gasteiger partial charge in [-0.25, -0.2) is 0 Å². The van der Waals surface area contributed by atoms with Crippen molar-refractivity contribution in [2.45, 2.75) is 46.5 Å². The Hall–Kier alpha value is -0.980. The van der Waals surface area contributed by atoms with Crippen LogP contribution in [0, 0.1) is 11.8 Å². The highest BCUT2D eigenvalue weighted by Gasteiger charge is 2.01. The number of furan rings is 1. The lowest BCUT2D eigenvalue weighted by Crippen LogP contribution is -1.95. The molecule has 1 aromatic heterocycles. The van der Waals surface area contributed by atoms with Crippen LogP contribution in [-0.4, -0.2) is 0 Å². The highest BCUT2D eigenvalue weighted by atomic mass is 16.3. The molecule has 0 N–H and O–H groups in total. The third-order valence-corrected chi connectivity index (χ3v) is 2.87. The summed E-state index contributed by atoms with van der Waals surface area (Å²) >= 11 is 0. The first kappa shape index (κ1) is 13.1. The number of rotatable bonds is 7. The van der Waals surface area contributed by atoms with Crippen LogP contribution in [0.25, 0.3) is 6.08 Å². The molecule has 1 heterocycles. The zero-order valence-corrected chi connectivity index (χ0v) is 10.8. The Balaban J connectivity index is 2.12. The minimum atomic E-state index is 0.793. The summed E-state index contributed by atoms with van der Waals surface area (Å²) in [7, 11) is 0. The fourth-order valence-corrected chi connectivity index (χ4v) is 1.80. The van der Waals surface area contributed by atoms with Gasteiger partial charge in [-0.3, -0.25) is 0 Å². The average molecular weight is 220 g/mol. The fraction of sp³-hybridized carbons (Fsp3) is 0.600. The summed E-state index contributed by atoms with van der Waals surface area (Å²) < 4.78 is 5.01. The minimum Gasteiger partial charge on any atom is -0.472 e. The second-order valence-corrected chi connectivity index (χ2v) is 5.12. The van der Waals surface area contributed by atoms with Crippen LogP contribution in [0.5, 0.6) is 0 Å². The van der Waals surface area contributed by atoms with Crippen LogP contribution in [0.3, 0.4) is 0 Å². The van der Waals surface area contributed by atoms with E-state index >= 15 is 0 Å². The monoisotopic (exact) mass is 220 g/mol. The van der Waals surface area contributed by atoms with Crippen LogP contribution < -0.4 is 0 Å². The molecule has 1 aromatic rings. The zero-order valence-electron chi connectivity index (χ0n) is 10.8. The molecule has 0 radical (unpaired) electrons. The maximum atomic E-state index is 5.01. The summed E-state index contributed by atoms with van der Waals surface area (Å²) in [6, 6.07) is 1.99. The maximum Gasteiger partial charge on any atom is 0.0974 e. The van der Waals surface area contributed by atoms with Gasteiger partial charge in [0.25, 0.3) is 0 Å². The molecule has 0 aliphatic heterocycles. The van der Waals surface area contributed by atoms with Gasteiger partial charge in [-0.05, 0) is 24.3 Å². The minimum absolute atomic E-state index is 0.793. The summed E-state index contributed by atoms with van der Waals surface area (Å²) in [6.45, 7) is 6.92. The van der Waals surface area contributed by atoms with Gasteiger partial charge >= 0.3 is 0 Å². The lowest BCUT2D eigenvalue weighted by molar-refractivity contribution is 0.461. The Kier molecular flexibility index (Phi) is 5.99. The van der Waals surface area contributed by atoms with Crippen molar-refractivity contribution in [3.8, 4) is 0 Å². The lowest BCUT2D eigenvalue weighted by atomic mass is 9.97. The molecule has 0 spiro atoms. The second-order valence-electron chi connectivity index (χ2n) is 5.12. The van der Waals surface area contributed by atoms with Gasteiger partial charge in [0.2, 0.25) is 0 Å². The van der Waals surface area contributed by atoms with E-state index in [1.807, 2.05) is 6.07 Å². The van der Waals surface area contributed by atoms with E-state index in [1.54, 1.807) is 12.5 Å². The molecule has 0 amide bonds. The summed E-state index contributed by atoms with van der Waals surface area (Å²) in [4.78, 5) is 0. The molecule has 1 nitrogen and oxygen atoms in total. The van der Waals surface area contributed by atoms with Crippen LogP contribution in [0.2, 0.25) is 0 Å². The van der Waals surface area contributed by atoms with Crippen LogP contribution >= 0.6 is 0 Å². The molecule has 1 heteroatoms. The van der Waals surface area contributed by atoms with E-state index < -0.39 is 0 Å². The van der Waals surface area contributed by atoms with Crippen LogP contribution in [0.15, 0.2) is 29.1 Å². The van der Waals surface area contributed by atoms with Crippen LogP contribution in [0.1, 0.15) is 52.0 Å². The van der Waals surface area contributed by atoms with Gasteiger partial charge in [-0.2, -0.15) is 0 Å². The molecule has 0 saturated heterocycles. The molecule has 1 atom stereocenters. The molecule has 0 aliphatic rings. The molecular weight excluding hydrogens is 196 g/mol. The lowest BCUT2D eigenvalue weighted by Gasteiger charge is -2.09. The summed E-state index contributed by atoms with van der Waals surface area (Å²) in [5, 5.41) is 0. The van der Waals surface area contributed by atoms with Crippen molar-refractivity contribution in [2.24, 2.45) is 11.8 Å². The highest BCUT2D eigenvalue weighted by Crippen LogP contribution is 2.16. The van der Waals surface area contributed by atoms with Gasteiger partial charge in [0.1, 0.15) is 0 Å². The third-order valence-electron chi connectivity index (χ3n) is 2.87. The molecule has 90 valence electrons. The van der Waals surface area contributed by atoms with Gasteiger partial charge in [-0.15, -0.1) is 0 Å². The standard InChI is InChI=1S/C15H24O/c1-13(2)6-4-7-14(3)8-5-9-15-10-11-16-12-15/h5,9-14H,4,6-8H2,1-3H3/b9-5+. The first-order valence-corrected chi connectivity index (χ1v) is 6.37. The normalized spacial score (nSPS) is 13.8. The van der Waals surface area contributed by atoms with E-state index in [0.29, 0.717) is 0 Å². The second kappa shape index (κ2) is 7.32.